The molecule has 5 heteroatoms. The van der Waals surface area contributed by atoms with Gasteiger partial charge in [0.15, 0.2) is 17.7 Å². The summed E-state index contributed by atoms with van der Waals surface area (Å²) in [6.07, 6.45) is 1.66. The third-order valence-electron chi connectivity index (χ3n) is 1.49. The number of Topliss-reactive ketones (excluding diaryl/α,β-unsaturated/α-hetero) is 2. The van der Waals surface area contributed by atoms with Crippen molar-refractivity contribution in [3.05, 3.63) is 4.91 Å². The molecule has 0 aliphatic heterocycles. The first-order chi connectivity index (χ1) is 6.20. The van der Waals surface area contributed by atoms with Crippen LogP contribution in [0.1, 0.15) is 32.6 Å². The zero-order valence-electron chi connectivity index (χ0n) is 7.62. The van der Waals surface area contributed by atoms with Gasteiger partial charge in [-0.25, -0.2) is 0 Å². The molecule has 0 aromatic carbocycles. The molecule has 0 spiro atoms. The Kier molecular flexibility index (Phi) is 6.68. The van der Waals surface area contributed by atoms with Gasteiger partial charge >= 0.3 is 0 Å². The molecule has 0 saturated carbocycles. The normalized spacial score (nSPS) is 9.31. The number of hydrogen-bond donors (Lipinski definition) is 0. The smallest absolute Gasteiger partial charge is 0.178 e. The third-order valence-corrected chi connectivity index (χ3v) is 1.49. The summed E-state index contributed by atoms with van der Waals surface area (Å²) in [7, 11) is 0. The van der Waals surface area contributed by atoms with E-state index in [9.17, 15) is 14.5 Å². The molecular weight excluding hydrogens is 174 g/mol. The van der Waals surface area contributed by atoms with Gasteiger partial charge in [0.1, 0.15) is 5.78 Å². The van der Waals surface area contributed by atoms with Crippen LogP contribution in [0.5, 0.6) is 0 Å². The second kappa shape index (κ2) is 7.39. The van der Waals surface area contributed by atoms with Gasteiger partial charge in [-0.3, -0.25) is 9.59 Å². The summed E-state index contributed by atoms with van der Waals surface area (Å²) in [5, 5.41) is 2.08. The van der Waals surface area contributed by atoms with Crippen molar-refractivity contribution in [3.8, 4) is 0 Å². The lowest BCUT2D eigenvalue weighted by molar-refractivity contribution is -0.127. The lowest BCUT2D eigenvalue weighted by Gasteiger charge is -1.97. The molecule has 0 heterocycles. The molecule has 0 atom stereocenters. The van der Waals surface area contributed by atoms with Crippen molar-refractivity contribution in [2.24, 2.45) is 5.34 Å². The Labute approximate surface area is 76.4 Å². The first-order valence-electron chi connectivity index (χ1n) is 4.18. The molecular formula is C8H13NO4. The van der Waals surface area contributed by atoms with Crippen LogP contribution in [0.3, 0.4) is 0 Å². The average molecular weight is 187 g/mol. The number of ketones is 2. The predicted octanol–water partition coefficient (Wildman–Crippen LogP) is 1.40. The second-order valence-electron chi connectivity index (χ2n) is 2.68. The molecule has 0 aromatic heterocycles. The van der Waals surface area contributed by atoms with Gasteiger partial charge in [-0.15, -0.1) is 4.91 Å². The van der Waals surface area contributed by atoms with Crippen LogP contribution in [0.15, 0.2) is 5.34 Å². The van der Waals surface area contributed by atoms with Crippen LogP contribution in [-0.2, 0) is 14.4 Å². The molecule has 0 radical (unpaired) electrons. The Morgan fingerprint density at radius 2 is 1.77 bits per heavy atom. The zero-order chi connectivity index (χ0) is 10.1. The maximum atomic E-state index is 10.9. The Morgan fingerprint density at radius 3 is 2.31 bits per heavy atom. The molecule has 0 fully saturated rings. The van der Waals surface area contributed by atoms with E-state index in [1.165, 1.54) is 0 Å². The van der Waals surface area contributed by atoms with Gasteiger partial charge in [0.05, 0.1) is 0 Å². The van der Waals surface area contributed by atoms with Crippen LogP contribution in [-0.4, -0.2) is 18.2 Å². The van der Waals surface area contributed by atoms with Gasteiger partial charge in [-0.2, -0.15) is 0 Å². The fraction of sp³-hybridized carbons (Fsp3) is 0.750. The molecule has 0 aliphatic carbocycles. The second-order valence-corrected chi connectivity index (χ2v) is 2.68. The van der Waals surface area contributed by atoms with E-state index in [1.54, 1.807) is 0 Å². The van der Waals surface area contributed by atoms with Gasteiger partial charge < -0.3 is 4.84 Å². The minimum absolute atomic E-state index is 0.0647. The molecule has 0 aromatic rings. The van der Waals surface area contributed by atoms with Crippen LogP contribution in [0, 0.1) is 4.91 Å². The van der Waals surface area contributed by atoms with Gasteiger partial charge in [-0.1, -0.05) is 6.92 Å². The summed E-state index contributed by atoms with van der Waals surface area (Å²) in [6.45, 7) is 1.57. The average Bonchev–Trinajstić information content (AvgIpc) is 2.12. The lowest BCUT2D eigenvalue weighted by atomic mass is 10.1. The van der Waals surface area contributed by atoms with E-state index in [2.05, 4.69) is 10.2 Å². The number of hydrogen-bond acceptors (Lipinski definition) is 5. The minimum Gasteiger partial charge on any atom is -0.356 e. The molecule has 13 heavy (non-hydrogen) atoms. The van der Waals surface area contributed by atoms with Crippen molar-refractivity contribution in [1.82, 2.24) is 0 Å². The van der Waals surface area contributed by atoms with Crippen molar-refractivity contribution < 1.29 is 14.4 Å². The van der Waals surface area contributed by atoms with Crippen LogP contribution < -0.4 is 0 Å². The van der Waals surface area contributed by atoms with Crippen LogP contribution >= 0.6 is 0 Å². The maximum Gasteiger partial charge on any atom is 0.178 e. The van der Waals surface area contributed by atoms with E-state index in [-0.39, 0.29) is 31.0 Å². The summed E-state index contributed by atoms with van der Waals surface area (Å²) >= 11 is 0. The van der Waals surface area contributed by atoms with E-state index in [0.717, 1.165) is 6.42 Å². The molecule has 0 bridgehead atoms. The van der Waals surface area contributed by atoms with Crippen molar-refractivity contribution in [2.75, 3.05) is 6.61 Å². The molecule has 0 amide bonds. The highest BCUT2D eigenvalue weighted by Crippen LogP contribution is 1.99. The minimum atomic E-state index is -0.330. The molecule has 0 aliphatic rings. The summed E-state index contributed by atoms with van der Waals surface area (Å²) in [5.74, 6) is -0.209. The van der Waals surface area contributed by atoms with Gasteiger partial charge in [-0.05, 0) is 6.42 Å². The van der Waals surface area contributed by atoms with Crippen LogP contribution in [0.2, 0.25) is 0 Å². The lowest BCUT2D eigenvalue weighted by Crippen LogP contribution is -2.08. The summed E-state index contributed by atoms with van der Waals surface area (Å²) < 4.78 is 0. The number of rotatable bonds is 8. The highest BCUT2D eigenvalue weighted by atomic mass is 16.7. The van der Waals surface area contributed by atoms with Crippen molar-refractivity contribution in [3.63, 3.8) is 0 Å². The molecule has 74 valence electrons. The molecule has 0 saturated heterocycles. The van der Waals surface area contributed by atoms with E-state index in [4.69, 9.17) is 0 Å². The van der Waals surface area contributed by atoms with Crippen LogP contribution in [0.4, 0.5) is 0 Å². The molecule has 0 unspecified atom stereocenters. The zero-order valence-corrected chi connectivity index (χ0v) is 7.62. The van der Waals surface area contributed by atoms with E-state index < -0.39 is 0 Å². The number of carbonyl (C=O) groups excluding carboxylic acids is 2. The number of carbonyl (C=O) groups is 2. The standard InChI is InChI=1S/C8H13NO4/c1-2-3-7(10)4-5-8(11)6-13-9-12/h2-6H2,1H3. The Hall–Kier alpha value is -1.26. The molecule has 0 N–H and O–H groups in total. The Bertz CT molecular complexity index is 191. The largest absolute Gasteiger partial charge is 0.356 e. The van der Waals surface area contributed by atoms with E-state index >= 15 is 0 Å². The highest BCUT2D eigenvalue weighted by Gasteiger charge is 2.06. The highest BCUT2D eigenvalue weighted by molar-refractivity contribution is 5.86. The first kappa shape index (κ1) is 11.7. The molecule has 5 nitrogen and oxygen atoms in total. The van der Waals surface area contributed by atoms with E-state index in [1.807, 2.05) is 6.92 Å². The van der Waals surface area contributed by atoms with Crippen LogP contribution in [0.25, 0.3) is 0 Å². The van der Waals surface area contributed by atoms with Gasteiger partial charge in [0, 0.05) is 19.3 Å². The Morgan fingerprint density at radius 1 is 1.15 bits per heavy atom. The summed E-state index contributed by atoms with van der Waals surface area (Å²) in [6, 6.07) is 0. The topological polar surface area (TPSA) is 72.8 Å². The third kappa shape index (κ3) is 7.11. The van der Waals surface area contributed by atoms with Crippen molar-refractivity contribution in [2.45, 2.75) is 32.6 Å². The summed E-state index contributed by atoms with van der Waals surface area (Å²) in [4.78, 5) is 35.2. The molecule has 0 rings (SSSR count). The Balaban J connectivity index is 3.45. The SMILES string of the molecule is CCCC(=O)CCC(=O)CON=O. The van der Waals surface area contributed by atoms with Crippen molar-refractivity contribution in [1.29, 1.82) is 0 Å². The fourth-order valence-electron chi connectivity index (χ4n) is 0.853. The monoisotopic (exact) mass is 187 g/mol. The van der Waals surface area contributed by atoms with E-state index in [0.29, 0.717) is 6.42 Å². The quantitative estimate of drug-likeness (QED) is 0.425. The van der Waals surface area contributed by atoms with Crippen molar-refractivity contribution >= 4 is 11.6 Å². The summed E-state index contributed by atoms with van der Waals surface area (Å²) in [5.41, 5.74) is 0. The van der Waals surface area contributed by atoms with Gasteiger partial charge in [0.2, 0.25) is 0 Å². The number of nitrogens with zero attached hydrogens (tertiary/aromatic N) is 1. The predicted molar refractivity (Wildman–Crippen MR) is 45.9 cm³/mol. The first-order valence-corrected chi connectivity index (χ1v) is 4.18. The van der Waals surface area contributed by atoms with Gasteiger partial charge in [0.25, 0.3) is 0 Å². The fourth-order valence-corrected chi connectivity index (χ4v) is 0.853. The maximum absolute atomic E-state index is 10.9.